The molecule has 0 amide bonds. The number of hydrogen-bond acceptors (Lipinski definition) is 1. The van der Waals surface area contributed by atoms with Crippen molar-refractivity contribution in [3.63, 3.8) is 0 Å². The van der Waals surface area contributed by atoms with E-state index >= 15 is 0 Å². The van der Waals surface area contributed by atoms with E-state index in [1.54, 1.807) is 0 Å². The molecule has 0 saturated heterocycles. The molecule has 1 saturated carbocycles. The molecule has 2 heteroatoms. The lowest BCUT2D eigenvalue weighted by Gasteiger charge is -1.85. The van der Waals surface area contributed by atoms with E-state index in [0.717, 1.165) is 5.92 Å². The molecule has 0 bridgehead atoms. The topological polar surface area (TPSA) is 17.8 Å². The van der Waals surface area contributed by atoms with Crippen LogP contribution in [0.1, 0.15) is 24.5 Å². The van der Waals surface area contributed by atoms with Crippen LogP contribution in [0.25, 0.3) is 0 Å². The molecule has 1 heterocycles. The van der Waals surface area contributed by atoms with Gasteiger partial charge in [-0.05, 0) is 18.9 Å². The molecule has 1 aromatic rings. The zero-order valence-electron chi connectivity index (χ0n) is 5.54. The Morgan fingerprint density at radius 2 is 2.44 bits per heavy atom. The van der Waals surface area contributed by atoms with E-state index in [4.69, 9.17) is 0 Å². The summed E-state index contributed by atoms with van der Waals surface area (Å²) in [6.45, 7) is 0. The molecule has 2 rings (SSSR count). The third kappa shape index (κ3) is 0.846. The summed E-state index contributed by atoms with van der Waals surface area (Å²) in [5.74, 6) is 0.797. The van der Waals surface area contributed by atoms with Crippen LogP contribution in [0.3, 0.4) is 0 Å². The lowest BCUT2D eigenvalue weighted by atomic mass is 10.3. The Labute approximate surface area is 54.5 Å². The van der Waals surface area contributed by atoms with Crippen LogP contribution in [0.5, 0.6) is 0 Å². The van der Waals surface area contributed by atoms with Crippen LogP contribution in [0.15, 0.2) is 12.3 Å². The van der Waals surface area contributed by atoms with Gasteiger partial charge in [0.1, 0.15) is 0 Å². The van der Waals surface area contributed by atoms with Gasteiger partial charge in [-0.25, -0.2) is 0 Å². The van der Waals surface area contributed by atoms with Crippen molar-refractivity contribution in [2.24, 2.45) is 7.05 Å². The second kappa shape index (κ2) is 1.59. The lowest BCUT2D eigenvalue weighted by Crippen LogP contribution is -1.88. The van der Waals surface area contributed by atoms with Gasteiger partial charge in [-0.15, -0.1) is 0 Å². The van der Waals surface area contributed by atoms with Gasteiger partial charge in [-0.1, -0.05) is 0 Å². The fraction of sp³-hybridized carbons (Fsp3) is 0.571. The standard InChI is InChI=1S/C7H10N2/c1-9-5-4-7(8-9)6-2-3-6/h4-6H,2-3H2,1H3. The third-order valence-corrected chi connectivity index (χ3v) is 1.73. The van der Waals surface area contributed by atoms with Gasteiger partial charge in [-0.3, -0.25) is 4.68 Å². The van der Waals surface area contributed by atoms with Crippen molar-refractivity contribution >= 4 is 0 Å². The fourth-order valence-electron chi connectivity index (χ4n) is 1.03. The number of hydrogen-bond donors (Lipinski definition) is 0. The van der Waals surface area contributed by atoms with Crippen molar-refractivity contribution in [1.82, 2.24) is 9.78 Å². The molecule has 0 spiro atoms. The van der Waals surface area contributed by atoms with Gasteiger partial charge in [0.25, 0.3) is 0 Å². The van der Waals surface area contributed by atoms with Crippen LogP contribution >= 0.6 is 0 Å². The van der Waals surface area contributed by atoms with Gasteiger partial charge in [0, 0.05) is 19.2 Å². The van der Waals surface area contributed by atoms with Crippen molar-refractivity contribution in [2.45, 2.75) is 18.8 Å². The number of aryl methyl sites for hydroxylation is 1. The van der Waals surface area contributed by atoms with Crippen molar-refractivity contribution in [2.75, 3.05) is 0 Å². The molecule has 9 heavy (non-hydrogen) atoms. The minimum absolute atomic E-state index is 0.797. The quantitative estimate of drug-likeness (QED) is 0.549. The molecule has 0 radical (unpaired) electrons. The summed E-state index contributed by atoms with van der Waals surface area (Å²) >= 11 is 0. The van der Waals surface area contributed by atoms with Crippen LogP contribution < -0.4 is 0 Å². The highest BCUT2D eigenvalue weighted by Crippen LogP contribution is 2.38. The van der Waals surface area contributed by atoms with E-state index in [2.05, 4.69) is 11.2 Å². The van der Waals surface area contributed by atoms with Crippen LogP contribution in [-0.4, -0.2) is 9.78 Å². The van der Waals surface area contributed by atoms with E-state index in [-0.39, 0.29) is 0 Å². The third-order valence-electron chi connectivity index (χ3n) is 1.73. The van der Waals surface area contributed by atoms with Gasteiger partial charge in [0.05, 0.1) is 5.69 Å². The first kappa shape index (κ1) is 5.03. The largest absolute Gasteiger partial charge is 0.276 e. The molecular formula is C7H10N2. The van der Waals surface area contributed by atoms with Gasteiger partial charge in [0.2, 0.25) is 0 Å². The fourth-order valence-corrected chi connectivity index (χ4v) is 1.03. The molecule has 0 atom stereocenters. The van der Waals surface area contributed by atoms with Crippen LogP contribution in [0.2, 0.25) is 0 Å². The summed E-state index contributed by atoms with van der Waals surface area (Å²) < 4.78 is 1.87. The summed E-state index contributed by atoms with van der Waals surface area (Å²) in [5, 5.41) is 4.29. The Morgan fingerprint density at radius 1 is 1.67 bits per heavy atom. The zero-order chi connectivity index (χ0) is 6.27. The lowest BCUT2D eigenvalue weighted by molar-refractivity contribution is 0.744. The molecule has 1 aromatic heterocycles. The second-order valence-electron chi connectivity index (χ2n) is 2.69. The Hall–Kier alpha value is -0.790. The van der Waals surface area contributed by atoms with Crippen molar-refractivity contribution < 1.29 is 0 Å². The van der Waals surface area contributed by atoms with E-state index in [1.807, 2.05) is 17.9 Å². The maximum absolute atomic E-state index is 4.29. The minimum Gasteiger partial charge on any atom is -0.276 e. The first-order valence-electron chi connectivity index (χ1n) is 3.36. The zero-order valence-corrected chi connectivity index (χ0v) is 5.54. The van der Waals surface area contributed by atoms with E-state index in [9.17, 15) is 0 Å². The predicted molar refractivity (Wildman–Crippen MR) is 35.2 cm³/mol. The summed E-state index contributed by atoms with van der Waals surface area (Å²) in [6.07, 6.45) is 4.70. The molecule has 48 valence electrons. The monoisotopic (exact) mass is 122 g/mol. The number of aromatic nitrogens is 2. The highest BCUT2D eigenvalue weighted by Gasteiger charge is 2.25. The molecule has 1 aliphatic rings. The molecule has 0 N–H and O–H groups in total. The van der Waals surface area contributed by atoms with E-state index in [0.29, 0.717) is 0 Å². The molecule has 0 aromatic carbocycles. The number of nitrogens with zero attached hydrogens (tertiary/aromatic N) is 2. The molecule has 0 aliphatic heterocycles. The smallest absolute Gasteiger partial charge is 0.0655 e. The first-order valence-corrected chi connectivity index (χ1v) is 3.36. The summed E-state index contributed by atoms with van der Waals surface area (Å²) in [5.41, 5.74) is 1.28. The molecule has 2 nitrogen and oxygen atoms in total. The predicted octanol–water partition coefficient (Wildman–Crippen LogP) is 1.30. The summed E-state index contributed by atoms with van der Waals surface area (Å²) in [4.78, 5) is 0. The van der Waals surface area contributed by atoms with Crippen molar-refractivity contribution in [3.05, 3.63) is 18.0 Å². The normalized spacial score (nSPS) is 18.3. The maximum Gasteiger partial charge on any atom is 0.0655 e. The summed E-state index contributed by atoms with van der Waals surface area (Å²) in [6, 6.07) is 2.11. The maximum atomic E-state index is 4.29. The molecule has 1 fully saturated rings. The van der Waals surface area contributed by atoms with Gasteiger partial charge in [0.15, 0.2) is 0 Å². The van der Waals surface area contributed by atoms with E-state index in [1.165, 1.54) is 18.5 Å². The minimum atomic E-state index is 0.797. The van der Waals surface area contributed by atoms with Crippen LogP contribution in [-0.2, 0) is 7.05 Å². The first-order chi connectivity index (χ1) is 4.36. The Kier molecular flexibility index (Phi) is 0.891. The van der Waals surface area contributed by atoms with Crippen molar-refractivity contribution in [3.8, 4) is 0 Å². The van der Waals surface area contributed by atoms with E-state index < -0.39 is 0 Å². The Morgan fingerprint density at radius 3 is 2.89 bits per heavy atom. The number of rotatable bonds is 1. The molecular weight excluding hydrogens is 112 g/mol. The molecule has 1 aliphatic carbocycles. The Bertz CT molecular complexity index is 210. The highest BCUT2D eigenvalue weighted by atomic mass is 15.2. The van der Waals surface area contributed by atoms with Crippen LogP contribution in [0.4, 0.5) is 0 Å². The van der Waals surface area contributed by atoms with Crippen LogP contribution in [0, 0.1) is 0 Å². The average molecular weight is 122 g/mol. The van der Waals surface area contributed by atoms with Gasteiger partial charge in [-0.2, -0.15) is 5.10 Å². The molecule has 0 unspecified atom stereocenters. The van der Waals surface area contributed by atoms with Crippen molar-refractivity contribution in [1.29, 1.82) is 0 Å². The average Bonchev–Trinajstić information content (AvgIpc) is 2.58. The van der Waals surface area contributed by atoms with Gasteiger partial charge < -0.3 is 0 Å². The Balaban J connectivity index is 2.28. The summed E-state index contributed by atoms with van der Waals surface area (Å²) in [7, 11) is 1.96. The highest BCUT2D eigenvalue weighted by molar-refractivity contribution is 5.11. The SMILES string of the molecule is Cn1ccc(C2CC2)n1. The second-order valence-corrected chi connectivity index (χ2v) is 2.69. The van der Waals surface area contributed by atoms with Gasteiger partial charge >= 0.3 is 0 Å².